The lowest BCUT2D eigenvalue weighted by molar-refractivity contribution is 0.567. The second kappa shape index (κ2) is 5.45. The van der Waals surface area contributed by atoms with Crippen LogP contribution in [0.3, 0.4) is 0 Å². The summed E-state index contributed by atoms with van der Waals surface area (Å²) in [6, 6.07) is 5.07. The second-order valence-electron chi connectivity index (χ2n) is 4.60. The Morgan fingerprint density at radius 3 is 2.45 bits per heavy atom. The number of nitrogens with two attached hydrogens (primary N) is 2. The molecule has 4 N–H and O–H groups in total. The molecule has 0 saturated heterocycles. The van der Waals surface area contributed by atoms with E-state index in [1.54, 1.807) is 22.9 Å². The predicted octanol–water partition coefficient (Wildman–Crippen LogP) is -0.0608. The van der Waals surface area contributed by atoms with Gasteiger partial charge in [-0.1, -0.05) is 0 Å². The minimum atomic E-state index is -2.99. The Bertz CT molecular complexity index is 689. The zero-order valence-corrected chi connectivity index (χ0v) is 11.8. The third-order valence-electron chi connectivity index (χ3n) is 2.65. The zero-order chi connectivity index (χ0) is 14.8. The summed E-state index contributed by atoms with van der Waals surface area (Å²) < 4.78 is 23.8. The van der Waals surface area contributed by atoms with Gasteiger partial charge in [0, 0.05) is 29.7 Å². The van der Waals surface area contributed by atoms with Crippen molar-refractivity contribution in [3.05, 3.63) is 18.2 Å². The Morgan fingerprint density at radius 2 is 1.85 bits per heavy atom. The molecule has 0 amide bonds. The van der Waals surface area contributed by atoms with Crippen molar-refractivity contribution in [3.63, 3.8) is 0 Å². The van der Waals surface area contributed by atoms with Crippen molar-refractivity contribution in [2.24, 2.45) is 0 Å². The molecule has 1 heterocycles. The SMILES string of the molecule is CS(=O)(=O)CCCn1nnnc1-c1cc(N)cc(N)c1. The first-order valence-electron chi connectivity index (χ1n) is 5.95. The fourth-order valence-electron chi connectivity index (χ4n) is 1.84. The lowest BCUT2D eigenvalue weighted by Gasteiger charge is -2.06. The van der Waals surface area contributed by atoms with Crippen LogP contribution in [0.15, 0.2) is 18.2 Å². The topological polar surface area (TPSA) is 130 Å². The smallest absolute Gasteiger partial charge is 0.182 e. The molecule has 0 aliphatic carbocycles. The average molecular weight is 296 g/mol. The zero-order valence-electron chi connectivity index (χ0n) is 11.0. The van der Waals surface area contributed by atoms with E-state index in [-0.39, 0.29) is 5.75 Å². The standard InChI is InChI=1S/C11H16N6O2S/c1-20(18,19)4-2-3-17-11(14-15-16-17)8-5-9(12)7-10(13)6-8/h5-7H,2-4,12-13H2,1H3. The Morgan fingerprint density at radius 1 is 1.20 bits per heavy atom. The Balaban J connectivity index is 2.20. The van der Waals surface area contributed by atoms with Crippen molar-refractivity contribution in [2.45, 2.75) is 13.0 Å². The van der Waals surface area contributed by atoms with Gasteiger partial charge in [-0.2, -0.15) is 0 Å². The summed E-state index contributed by atoms with van der Waals surface area (Å²) >= 11 is 0. The normalized spacial score (nSPS) is 11.7. The molecule has 8 nitrogen and oxygen atoms in total. The molecule has 2 rings (SSSR count). The van der Waals surface area contributed by atoms with Gasteiger partial charge in [0.2, 0.25) is 0 Å². The maximum absolute atomic E-state index is 11.1. The molecule has 108 valence electrons. The molecule has 1 aromatic heterocycles. The number of sulfone groups is 1. The first kappa shape index (κ1) is 14.3. The highest BCUT2D eigenvalue weighted by Crippen LogP contribution is 2.22. The van der Waals surface area contributed by atoms with Crippen molar-refractivity contribution in [2.75, 3.05) is 23.5 Å². The molecule has 9 heteroatoms. The summed E-state index contributed by atoms with van der Waals surface area (Å²) in [6.07, 6.45) is 1.64. The molecule has 0 aliphatic heterocycles. The Kier molecular flexibility index (Phi) is 3.89. The first-order chi connectivity index (χ1) is 9.35. The number of hydrogen-bond donors (Lipinski definition) is 2. The van der Waals surface area contributed by atoms with E-state index >= 15 is 0 Å². The molecule has 0 bridgehead atoms. The van der Waals surface area contributed by atoms with Gasteiger partial charge in [0.05, 0.1) is 5.75 Å². The highest BCUT2D eigenvalue weighted by atomic mass is 32.2. The van der Waals surface area contributed by atoms with Gasteiger partial charge in [0.25, 0.3) is 0 Å². The minimum Gasteiger partial charge on any atom is -0.399 e. The van der Waals surface area contributed by atoms with E-state index in [1.165, 1.54) is 6.26 Å². The fraction of sp³-hybridized carbons (Fsp3) is 0.364. The summed E-state index contributed by atoms with van der Waals surface area (Å²) in [4.78, 5) is 0. The Hall–Kier alpha value is -2.16. The third kappa shape index (κ3) is 3.67. The predicted molar refractivity (Wildman–Crippen MR) is 76.4 cm³/mol. The summed E-state index contributed by atoms with van der Waals surface area (Å²) in [5, 5.41) is 11.4. The molecule has 0 fully saturated rings. The number of nitrogens with zero attached hydrogens (tertiary/aromatic N) is 4. The van der Waals surface area contributed by atoms with Gasteiger partial charge in [-0.05, 0) is 35.0 Å². The summed E-state index contributed by atoms with van der Waals surface area (Å²) in [7, 11) is -2.99. The summed E-state index contributed by atoms with van der Waals surface area (Å²) in [5.41, 5.74) is 13.2. The van der Waals surface area contributed by atoms with Crippen LogP contribution < -0.4 is 11.5 Å². The van der Waals surface area contributed by atoms with Crippen LogP contribution in [-0.2, 0) is 16.4 Å². The molecule has 0 aliphatic rings. The number of hydrogen-bond acceptors (Lipinski definition) is 7. The van der Waals surface area contributed by atoms with Crippen LogP contribution in [0.4, 0.5) is 11.4 Å². The van der Waals surface area contributed by atoms with E-state index in [2.05, 4.69) is 15.5 Å². The van der Waals surface area contributed by atoms with Gasteiger partial charge in [-0.3, -0.25) is 0 Å². The van der Waals surface area contributed by atoms with Gasteiger partial charge in [0.1, 0.15) is 9.84 Å². The lowest BCUT2D eigenvalue weighted by Crippen LogP contribution is -2.09. The van der Waals surface area contributed by atoms with Crippen LogP contribution in [0, 0.1) is 0 Å². The molecule has 0 radical (unpaired) electrons. The number of nitrogen functional groups attached to an aromatic ring is 2. The molecule has 0 spiro atoms. The van der Waals surface area contributed by atoms with E-state index in [0.29, 0.717) is 35.7 Å². The van der Waals surface area contributed by atoms with Gasteiger partial charge in [-0.25, -0.2) is 13.1 Å². The quantitative estimate of drug-likeness (QED) is 0.739. The van der Waals surface area contributed by atoms with Crippen LogP contribution in [-0.4, -0.2) is 40.6 Å². The number of aromatic nitrogens is 4. The van der Waals surface area contributed by atoms with Crippen molar-refractivity contribution < 1.29 is 8.42 Å². The van der Waals surface area contributed by atoms with E-state index in [1.807, 2.05) is 0 Å². The average Bonchev–Trinajstić information content (AvgIpc) is 2.74. The highest BCUT2D eigenvalue weighted by Gasteiger charge is 2.11. The lowest BCUT2D eigenvalue weighted by atomic mass is 10.1. The molecular formula is C11H16N6O2S. The highest BCUT2D eigenvalue weighted by molar-refractivity contribution is 7.90. The minimum absolute atomic E-state index is 0.0887. The number of aryl methyl sites for hydroxylation is 1. The summed E-state index contributed by atoms with van der Waals surface area (Å²) in [6.45, 7) is 0.407. The molecule has 2 aromatic rings. The van der Waals surface area contributed by atoms with Gasteiger partial charge >= 0.3 is 0 Å². The van der Waals surface area contributed by atoms with E-state index in [4.69, 9.17) is 11.5 Å². The van der Waals surface area contributed by atoms with E-state index < -0.39 is 9.84 Å². The second-order valence-corrected chi connectivity index (χ2v) is 6.86. The van der Waals surface area contributed by atoms with Crippen LogP contribution in [0.5, 0.6) is 0 Å². The van der Waals surface area contributed by atoms with Crippen LogP contribution in [0.1, 0.15) is 6.42 Å². The largest absolute Gasteiger partial charge is 0.399 e. The molecule has 20 heavy (non-hydrogen) atoms. The monoisotopic (exact) mass is 296 g/mol. The van der Waals surface area contributed by atoms with Gasteiger partial charge < -0.3 is 11.5 Å². The number of tetrazole rings is 1. The van der Waals surface area contributed by atoms with Gasteiger partial charge in [-0.15, -0.1) is 5.10 Å². The Labute approximate surface area is 116 Å². The van der Waals surface area contributed by atoms with E-state index in [9.17, 15) is 8.42 Å². The number of benzene rings is 1. The van der Waals surface area contributed by atoms with Crippen molar-refractivity contribution in [1.29, 1.82) is 0 Å². The number of anilines is 2. The van der Waals surface area contributed by atoms with Crippen LogP contribution in [0.2, 0.25) is 0 Å². The number of rotatable bonds is 5. The van der Waals surface area contributed by atoms with Gasteiger partial charge in [0.15, 0.2) is 5.82 Å². The molecule has 0 saturated carbocycles. The maximum atomic E-state index is 11.1. The molecule has 0 atom stereocenters. The van der Waals surface area contributed by atoms with Crippen LogP contribution >= 0.6 is 0 Å². The van der Waals surface area contributed by atoms with Crippen LogP contribution in [0.25, 0.3) is 11.4 Å². The van der Waals surface area contributed by atoms with Crippen molar-refractivity contribution in [1.82, 2.24) is 20.2 Å². The molecular weight excluding hydrogens is 280 g/mol. The fourth-order valence-corrected chi connectivity index (χ4v) is 2.50. The molecule has 0 unspecified atom stereocenters. The van der Waals surface area contributed by atoms with Crippen molar-refractivity contribution >= 4 is 21.2 Å². The third-order valence-corrected chi connectivity index (χ3v) is 3.68. The first-order valence-corrected chi connectivity index (χ1v) is 8.01. The van der Waals surface area contributed by atoms with Crippen molar-refractivity contribution in [3.8, 4) is 11.4 Å². The maximum Gasteiger partial charge on any atom is 0.182 e. The van der Waals surface area contributed by atoms with E-state index in [0.717, 1.165) is 0 Å². The summed E-state index contributed by atoms with van der Waals surface area (Å²) in [5.74, 6) is 0.600. The molecule has 1 aromatic carbocycles.